The first kappa shape index (κ1) is 15.3. The van der Waals surface area contributed by atoms with E-state index in [1.54, 1.807) is 0 Å². The molecule has 0 bridgehead atoms. The Labute approximate surface area is 127 Å². The smallest absolute Gasteiger partial charge is 0.248 e. The molecule has 2 aliphatic carbocycles. The lowest BCUT2D eigenvalue weighted by Crippen LogP contribution is -2.54. The summed E-state index contributed by atoms with van der Waals surface area (Å²) >= 11 is 0. The van der Waals surface area contributed by atoms with E-state index in [9.17, 15) is 9.90 Å². The molecule has 0 aromatic rings. The highest BCUT2D eigenvalue weighted by molar-refractivity contribution is 5.77. The van der Waals surface area contributed by atoms with Crippen LogP contribution in [0.2, 0.25) is 0 Å². The highest BCUT2D eigenvalue weighted by Crippen LogP contribution is 2.25. The number of nitrogens with zero attached hydrogens (tertiary/aromatic N) is 2. The van der Waals surface area contributed by atoms with Gasteiger partial charge in [0.15, 0.2) is 0 Å². The average Bonchev–Trinajstić information content (AvgIpc) is 3.16. The van der Waals surface area contributed by atoms with Crippen molar-refractivity contribution >= 4 is 5.91 Å². The minimum atomic E-state index is -0.169. The maximum atomic E-state index is 12.2. The molecule has 3 fully saturated rings. The Balaban J connectivity index is 1.39. The van der Waals surface area contributed by atoms with E-state index in [1.807, 2.05) is 4.90 Å². The molecule has 21 heavy (non-hydrogen) atoms. The van der Waals surface area contributed by atoms with Gasteiger partial charge in [-0.05, 0) is 32.1 Å². The SMILES string of the molecule is O=C(COC1CCCC1)N1CCN(C2CCCC2O)CC1. The maximum Gasteiger partial charge on any atom is 0.248 e. The number of amides is 1. The van der Waals surface area contributed by atoms with Gasteiger partial charge in [0.25, 0.3) is 0 Å². The van der Waals surface area contributed by atoms with Crippen LogP contribution >= 0.6 is 0 Å². The summed E-state index contributed by atoms with van der Waals surface area (Å²) in [6, 6.07) is 0.317. The largest absolute Gasteiger partial charge is 0.391 e. The Bertz CT molecular complexity index is 349. The van der Waals surface area contributed by atoms with E-state index < -0.39 is 0 Å². The van der Waals surface area contributed by atoms with Gasteiger partial charge >= 0.3 is 0 Å². The van der Waals surface area contributed by atoms with Crippen LogP contribution in [0, 0.1) is 0 Å². The first-order valence-electron chi connectivity index (χ1n) is 8.55. The van der Waals surface area contributed by atoms with Crippen molar-refractivity contribution in [1.29, 1.82) is 0 Å². The van der Waals surface area contributed by atoms with Crippen LogP contribution in [0.15, 0.2) is 0 Å². The van der Waals surface area contributed by atoms with Gasteiger partial charge < -0.3 is 14.7 Å². The second kappa shape index (κ2) is 7.07. The summed E-state index contributed by atoms with van der Waals surface area (Å²) in [5.74, 6) is 0.133. The molecule has 2 saturated carbocycles. The second-order valence-electron chi connectivity index (χ2n) is 6.70. The summed E-state index contributed by atoms with van der Waals surface area (Å²) in [5.41, 5.74) is 0. The predicted octanol–water partition coefficient (Wildman–Crippen LogP) is 1.00. The first-order chi connectivity index (χ1) is 10.2. The van der Waals surface area contributed by atoms with Gasteiger partial charge in [0.1, 0.15) is 6.61 Å². The average molecular weight is 296 g/mol. The lowest BCUT2D eigenvalue weighted by atomic mass is 10.1. The highest BCUT2D eigenvalue weighted by Gasteiger charge is 2.33. The van der Waals surface area contributed by atoms with Crippen molar-refractivity contribution in [2.75, 3.05) is 32.8 Å². The van der Waals surface area contributed by atoms with Gasteiger partial charge in [0, 0.05) is 32.2 Å². The number of hydrogen-bond acceptors (Lipinski definition) is 4. The van der Waals surface area contributed by atoms with Crippen molar-refractivity contribution in [2.45, 2.75) is 63.2 Å². The molecular formula is C16H28N2O3. The van der Waals surface area contributed by atoms with Crippen LogP contribution in [0.3, 0.4) is 0 Å². The van der Waals surface area contributed by atoms with Crippen LogP contribution in [0.1, 0.15) is 44.9 Å². The third kappa shape index (κ3) is 3.76. The fourth-order valence-electron chi connectivity index (χ4n) is 3.99. The van der Waals surface area contributed by atoms with E-state index in [0.717, 1.165) is 58.3 Å². The van der Waals surface area contributed by atoms with E-state index in [0.29, 0.717) is 12.1 Å². The lowest BCUT2D eigenvalue weighted by Gasteiger charge is -2.39. The van der Waals surface area contributed by atoms with Gasteiger partial charge in [-0.25, -0.2) is 0 Å². The van der Waals surface area contributed by atoms with Crippen molar-refractivity contribution in [1.82, 2.24) is 9.80 Å². The second-order valence-corrected chi connectivity index (χ2v) is 6.70. The van der Waals surface area contributed by atoms with Crippen LogP contribution in [0.4, 0.5) is 0 Å². The molecule has 5 heteroatoms. The van der Waals surface area contributed by atoms with Crippen molar-refractivity contribution in [3.63, 3.8) is 0 Å². The summed E-state index contributed by atoms with van der Waals surface area (Å²) in [7, 11) is 0. The number of aliphatic hydroxyl groups is 1. The molecule has 1 amide bonds. The molecule has 0 aromatic heterocycles. The monoisotopic (exact) mass is 296 g/mol. The Morgan fingerprint density at radius 1 is 1.00 bits per heavy atom. The van der Waals surface area contributed by atoms with Crippen LogP contribution < -0.4 is 0 Å². The summed E-state index contributed by atoms with van der Waals surface area (Å²) in [6.07, 6.45) is 7.99. The minimum absolute atomic E-state index is 0.133. The molecule has 120 valence electrons. The van der Waals surface area contributed by atoms with Gasteiger partial charge in [-0.3, -0.25) is 9.69 Å². The fraction of sp³-hybridized carbons (Fsp3) is 0.938. The molecule has 0 radical (unpaired) electrons. The molecule has 1 N–H and O–H groups in total. The zero-order valence-corrected chi connectivity index (χ0v) is 12.9. The molecule has 2 unspecified atom stereocenters. The first-order valence-corrected chi connectivity index (χ1v) is 8.55. The topological polar surface area (TPSA) is 53.0 Å². The number of piperazine rings is 1. The van der Waals surface area contributed by atoms with E-state index in [4.69, 9.17) is 4.74 Å². The molecular weight excluding hydrogens is 268 g/mol. The molecule has 1 heterocycles. The zero-order chi connectivity index (χ0) is 14.7. The molecule has 5 nitrogen and oxygen atoms in total. The Morgan fingerprint density at radius 3 is 2.33 bits per heavy atom. The Hall–Kier alpha value is -0.650. The zero-order valence-electron chi connectivity index (χ0n) is 12.9. The highest BCUT2D eigenvalue weighted by atomic mass is 16.5. The van der Waals surface area contributed by atoms with Crippen molar-refractivity contribution in [2.24, 2.45) is 0 Å². The van der Waals surface area contributed by atoms with Gasteiger partial charge in [-0.1, -0.05) is 12.8 Å². The lowest BCUT2D eigenvalue weighted by molar-refractivity contribution is -0.140. The minimum Gasteiger partial charge on any atom is -0.391 e. The molecule has 0 aromatic carbocycles. The maximum absolute atomic E-state index is 12.2. The van der Waals surface area contributed by atoms with Gasteiger partial charge in [-0.15, -0.1) is 0 Å². The number of carbonyl (C=O) groups excluding carboxylic acids is 1. The summed E-state index contributed by atoms with van der Waals surface area (Å²) in [5, 5.41) is 9.98. The van der Waals surface area contributed by atoms with Crippen LogP contribution in [0.25, 0.3) is 0 Å². The standard InChI is InChI=1S/C16H28N2O3/c19-15-7-3-6-14(15)17-8-10-18(11-9-17)16(20)12-21-13-4-1-2-5-13/h13-15,19H,1-12H2. The number of rotatable bonds is 4. The number of aliphatic hydroxyl groups excluding tert-OH is 1. The van der Waals surface area contributed by atoms with Crippen molar-refractivity contribution < 1.29 is 14.6 Å². The van der Waals surface area contributed by atoms with Crippen LogP contribution in [-0.2, 0) is 9.53 Å². The van der Waals surface area contributed by atoms with E-state index in [2.05, 4.69) is 4.90 Å². The van der Waals surface area contributed by atoms with Crippen LogP contribution in [-0.4, -0.2) is 71.8 Å². The summed E-state index contributed by atoms with van der Waals surface area (Å²) in [4.78, 5) is 16.5. The predicted molar refractivity (Wildman–Crippen MR) is 80.0 cm³/mol. The van der Waals surface area contributed by atoms with Crippen LogP contribution in [0.5, 0.6) is 0 Å². The molecule has 3 rings (SSSR count). The summed E-state index contributed by atoms with van der Waals surface area (Å²) in [6.45, 7) is 3.57. The van der Waals surface area contributed by atoms with E-state index >= 15 is 0 Å². The number of ether oxygens (including phenoxy) is 1. The third-order valence-electron chi connectivity index (χ3n) is 5.32. The molecule has 1 saturated heterocycles. The third-order valence-corrected chi connectivity index (χ3v) is 5.32. The summed E-state index contributed by atoms with van der Waals surface area (Å²) < 4.78 is 5.72. The molecule has 3 aliphatic rings. The van der Waals surface area contributed by atoms with Gasteiger partial charge in [0.2, 0.25) is 5.91 Å². The van der Waals surface area contributed by atoms with E-state index in [1.165, 1.54) is 12.8 Å². The molecule has 1 aliphatic heterocycles. The number of hydrogen-bond donors (Lipinski definition) is 1. The molecule has 2 atom stereocenters. The van der Waals surface area contributed by atoms with E-state index in [-0.39, 0.29) is 18.6 Å². The normalized spacial score (nSPS) is 32.0. The molecule has 0 spiro atoms. The van der Waals surface area contributed by atoms with Crippen molar-refractivity contribution in [3.05, 3.63) is 0 Å². The Kier molecular flexibility index (Phi) is 5.14. The van der Waals surface area contributed by atoms with Gasteiger partial charge in [-0.2, -0.15) is 0 Å². The van der Waals surface area contributed by atoms with Gasteiger partial charge in [0.05, 0.1) is 12.2 Å². The van der Waals surface area contributed by atoms with Crippen molar-refractivity contribution in [3.8, 4) is 0 Å². The Morgan fingerprint density at radius 2 is 1.71 bits per heavy atom. The number of carbonyl (C=O) groups is 1. The quantitative estimate of drug-likeness (QED) is 0.841. The fourth-order valence-corrected chi connectivity index (χ4v) is 3.99.